The highest BCUT2D eigenvalue weighted by Gasteiger charge is 2.33. The number of furan rings is 1. The molecule has 0 aromatic carbocycles. The molecule has 0 spiro atoms. The van der Waals surface area contributed by atoms with Crippen molar-refractivity contribution in [2.45, 2.75) is 26.3 Å². The van der Waals surface area contributed by atoms with E-state index in [0.29, 0.717) is 13.1 Å². The Morgan fingerprint density at radius 2 is 2.29 bits per heavy atom. The molecular formula is C15H22N2O4. The van der Waals surface area contributed by atoms with Crippen LogP contribution in [0.2, 0.25) is 0 Å². The second-order valence-corrected chi connectivity index (χ2v) is 5.79. The summed E-state index contributed by atoms with van der Waals surface area (Å²) < 4.78 is 5.05. The third-order valence-corrected chi connectivity index (χ3v) is 3.82. The second kappa shape index (κ2) is 6.76. The summed E-state index contributed by atoms with van der Waals surface area (Å²) in [6.07, 6.45) is 2.23. The molecule has 21 heavy (non-hydrogen) atoms. The van der Waals surface area contributed by atoms with E-state index < -0.39 is 6.04 Å². The summed E-state index contributed by atoms with van der Waals surface area (Å²) in [5, 5.41) is 11.9. The number of hydrogen-bond donors (Lipinski definition) is 2. The largest absolute Gasteiger partial charge is 0.459 e. The van der Waals surface area contributed by atoms with Crippen LogP contribution in [-0.2, 0) is 4.79 Å². The van der Waals surface area contributed by atoms with Gasteiger partial charge in [-0.05, 0) is 24.5 Å². The molecule has 1 aromatic heterocycles. The summed E-state index contributed by atoms with van der Waals surface area (Å²) in [6, 6.07) is 2.61. The summed E-state index contributed by atoms with van der Waals surface area (Å²) in [5.41, 5.74) is 0. The number of carbonyl (C=O) groups excluding carboxylic acids is 2. The lowest BCUT2D eigenvalue weighted by molar-refractivity contribution is -0.133. The van der Waals surface area contributed by atoms with Gasteiger partial charge in [-0.1, -0.05) is 13.8 Å². The molecule has 2 unspecified atom stereocenters. The lowest BCUT2D eigenvalue weighted by Gasteiger charge is -2.26. The third kappa shape index (κ3) is 3.64. The molecule has 0 radical (unpaired) electrons. The molecule has 116 valence electrons. The molecule has 1 fully saturated rings. The normalized spacial score (nSPS) is 19.8. The average molecular weight is 294 g/mol. The topological polar surface area (TPSA) is 82.8 Å². The van der Waals surface area contributed by atoms with Crippen molar-refractivity contribution in [1.29, 1.82) is 0 Å². The molecule has 0 aliphatic carbocycles. The van der Waals surface area contributed by atoms with E-state index >= 15 is 0 Å². The van der Waals surface area contributed by atoms with Crippen LogP contribution in [0, 0.1) is 11.8 Å². The number of aliphatic hydroxyl groups excluding tert-OH is 1. The fourth-order valence-electron chi connectivity index (χ4n) is 2.51. The molecule has 6 nitrogen and oxygen atoms in total. The maximum atomic E-state index is 12.6. The van der Waals surface area contributed by atoms with E-state index in [-0.39, 0.29) is 36.0 Å². The van der Waals surface area contributed by atoms with Gasteiger partial charge in [-0.2, -0.15) is 0 Å². The highest BCUT2D eigenvalue weighted by molar-refractivity contribution is 5.95. The SMILES string of the molecule is CC(C)C(NC(=O)c1ccco1)C(=O)N1CCC(CO)C1. The van der Waals surface area contributed by atoms with Gasteiger partial charge in [0.2, 0.25) is 5.91 Å². The Hall–Kier alpha value is -1.82. The monoisotopic (exact) mass is 294 g/mol. The summed E-state index contributed by atoms with van der Waals surface area (Å²) in [4.78, 5) is 26.3. The number of hydrogen-bond acceptors (Lipinski definition) is 4. The molecule has 1 aromatic rings. The first-order chi connectivity index (χ1) is 10.0. The summed E-state index contributed by atoms with van der Waals surface area (Å²) in [6.45, 7) is 5.06. The van der Waals surface area contributed by atoms with Crippen LogP contribution >= 0.6 is 0 Å². The summed E-state index contributed by atoms with van der Waals surface area (Å²) in [5.74, 6) is -0.166. The molecular weight excluding hydrogens is 272 g/mol. The minimum Gasteiger partial charge on any atom is -0.459 e. The molecule has 2 amide bonds. The van der Waals surface area contributed by atoms with E-state index in [1.807, 2.05) is 13.8 Å². The Labute approximate surface area is 124 Å². The first-order valence-corrected chi connectivity index (χ1v) is 7.27. The van der Waals surface area contributed by atoms with Crippen molar-refractivity contribution in [2.24, 2.45) is 11.8 Å². The number of rotatable bonds is 5. The molecule has 2 N–H and O–H groups in total. The Balaban J connectivity index is 2.02. The van der Waals surface area contributed by atoms with Crippen molar-refractivity contribution in [2.75, 3.05) is 19.7 Å². The van der Waals surface area contributed by atoms with Crippen LogP contribution in [-0.4, -0.2) is 47.6 Å². The molecule has 6 heteroatoms. The number of nitrogens with zero attached hydrogens (tertiary/aromatic N) is 1. The number of amides is 2. The van der Waals surface area contributed by atoms with Crippen molar-refractivity contribution >= 4 is 11.8 Å². The maximum Gasteiger partial charge on any atom is 0.287 e. The number of carbonyl (C=O) groups is 2. The van der Waals surface area contributed by atoms with Crippen LogP contribution in [0.1, 0.15) is 30.8 Å². The molecule has 1 saturated heterocycles. The Bertz CT molecular complexity index is 484. The Morgan fingerprint density at radius 1 is 1.52 bits per heavy atom. The lowest BCUT2D eigenvalue weighted by Crippen LogP contribution is -2.50. The highest BCUT2D eigenvalue weighted by Crippen LogP contribution is 2.18. The zero-order valence-corrected chi connectivity index (χ0v) is 12.4. The number of aliphatic hydroxyl groups is 1. The first-order valence-electron chi connectivity index (χ1n) is 7.27. The van der Waals surface area contributed by atoms with Gasteiger partial charge in [-0.15, -0.1) is 0 Å². The quantitative estimate of drug-likeness (QED) is 0.844. The standard InChI is InChI=1S/C15H22N2O4/c1-10(2)13(16-14(19)12-4-3-7-21-12)15(20)17-6-5-11(8-17)9-18/h3-4,7,10-11,13,18H,5-6,8-9H2,1-2H3,(H,16,19). The molecule has 1 aliphatic heterocycles. The average Bonchev–Trinajstić information content (AvgIpc) is 3.13. The zero-order chi connectivity index (χ0) is 15.4. The zero-order valence-electron chi connectivity index (χ0n) is 12.4. The highest BCUT2D eigenvalue weighted by atomic mass is 16.3. The predicted octanol–water partition coefficient (Wildman–Crippen LogP) is 0.875. The van der Waals surface area contributed by atoms with E-state index in [1.165, 1.54) is 6.26 Å². The minimum absolute atomic E-state index is 0.0235. The van der Waals surface area contributed by atoms with Crippen LogP contribution < -0.4 is 5.32 Å². The van der Waals surface area contributed by atoms with Crippen LogP contribution in [0.25, 0.3) is 0 Å². The molecule has 2 rings (SSSR count). The lowest BCUT2D eigenvalue weighted by atomic mass is 10.0. The van der Waals surface area contributed by atoms with Gasteiger partial charge in [0.25, 0.3) is 5.91 Å². The first kappa shape index (κ1) is 15.6. The van der Waals surface area contributed by atoms with Gasteiger partial charge in [-0.25, -0.2) is 0 Å². The van der Waals surface area contributed by atoms with E-state index in [0.717, 1.165) is 6.42 Å². The third-order valence-electron chi connectivity index (χ3n) is 3.82. The van der Waals surface area contributed by atoms with Crippen LogP contribution in [0.4, 0.5) is 0 Å². The smallest absolute Gasteiger partial charge is 0.287 e. The molecule has 1 aliphatic rings. The van der Waals surface area contributed by atoms with Gasteiger partial charge < -0.3 is 19.7 Å². The molecule has 0 bridgehead atoms. The molecule has 2 atom stereocenters. The summed E-state index contributed by atoms with van der Waals surface area (Å²) >= 11 is 0. The van der Waals surface area contributed by atoms with Crippen LogP contribution in [0.5, 0.6) is 0 Å². The van der Waals surface area contributed by atoms with Crippen LogP contribution in [0.3, 0.4) is 0 Å². The van der Waals surface area contributed by atoms with Crippen molar-refractivity contribution in [3.8, 4) is 0 Å². The number of likely N-dealkylation sites (tertiary alicyclic amines) is 1. The van der Waals surface area contributed by atoms with Crippen molar-refractivity contribution < 1.29 is 19.1 Å². The van der Waals surface area contributed by atoms with Gasteiger partial charge in [0.15, 0.2) is 5.76 Å². The van der Waals surface area contributed by atoms with Crippen molar-refractivity contribution in [3.05, 3.63) is 24.2 Å². The fraction of sp³-hybridized carbons (Fsp3) is 0.600. The Kier molecular flexibility index (Phi) is 5.01. The van der Waals surface area contributed by atoms with E-state index in [2.05, 4.69) is 5.32 Å². The maximum absolute atomic E-state index is 12.6. The second-order valence-electron chi connectivity index (χ2n) is 5.79. The van der Waals surface area contributed by atoms with Gasteiger partial charge in [0.05, 0.1) is 6.26 Å². The minimum atomic E-state index is -0.583. The molecule has 2 heterocycles. The number of nitrogens with one attached hydrogen (secondary N) is 1. The predicted molar refractivity (Wildman–Crippen MR) is 76.6 cm³/mol. The summed E-state index contributed by atoms with van der Waals surface area (Å²) in [7, 11) is 0. The van der Waals surface area contributed by atoms with Crippen LogP contribution in [0.15, 0.2) is 22.8 Å². The Morgan fingerprint density at radius 3 is 2.81 bits per heavy atom. The van der Waals surface area contributed by atoms with E-state index in [1.54, 1.807) is 17.0 Å². The fourth-order valence-corrected chi connectivity index (χ4v) is 2.51. The van der Waals surface area contributed by atoms with E-state index in [9.17, 15) is 9.59 Å². The van der Waals surface area contributed by atoms with Crippen molar-refractivity contribution in [1.82, 2.24) is 10.2 Å². The van der Waals surface area contributed by atoms with Gasteiger partial charge in [0.1, 0.15) is 6.04 Å². The van der Waals surface area contributed by atoms with Gasteiger partial charge in [0, 0.05) is 25.6 Å². The van der Waals surface area contributed by atoms with Gasteiger partial charge >= 0.3 is 0 Å². The van der Waals surface area contributed by atoms with E-state index in [4.69, 9.17) is 9.52 Å². The molecule has 0 saturated carbocycles. The van der Waals surface area contributed by atoms with Gasteiger partial charge in [-0.3, -0.25) is 9.59 Å². The van der Waals surface area contributed by atoms with Crippen molar-refractivity contribution in [3.63, 3.8) is 0 Å².